The molecule has 0 bridgehead atoms. The third-order valence-electron chi connectivity index (χ3n) is 2.34. The maximum Gasteiger partial charge on any atom is 0.335 e. The van der Waals surface area contributed by atoms with Crippen LogP contribution in [-0.2, 0) is 0 Å². The van der Waals surface area contributed by atoms with Gasteiger partial charge in [0.05, 0.1) is 11.3 Å². The van der Waals surface area contributed by atoms with Crippen LogP contribution in [0.3, 0.4) is 0 Å². The highest BCUT2D eigenvalue weighted by atomic mass is 79.9. The molecule has 0 aliphatic heterocycles. The third kappa shape index (κ3) is 3.03. The minimum atomic E-state index is -0.939. The molecule has 2 aromatic rings. The van der Waals surface area contributed by atoms with E-state index in [1.54, 1.807) is 36.4 Å². The highest BCUT2D eigenvalue weighted by Gasteiger charge is 2.04. The SMILES string of the molecule is O=C(O)c1ccc(Nc2cc(Cl)ccc2Br)cc1. The first-order valence-corrected chi connectivity index (χ1v) is 6.29. The summed E-state index contributed by atoms with van der Waals surface area (Å²) in [4.78, 5) is 10.7. The van der Waals surface area contributed by atoms with E-state index in [9.17, 15) is 4.79 Å². The summed E-state index contributed by atoms with van der Waals surface area (Å²) in [7, 11) is 0. The molecule has 0 atom stereocenters. The molecule has 0 amide bonds. The van der Waals surface area contributed by atoms with E-state index in [1.165, 1.54) is 0 Å². The van der Waals surface area contributed by atoms with Crippen molar-refractivity contribution in [3.05, 3.63) is 57.5 Å². The Morgan fingerprint density at radius 3 is 2.44 bits per heavy atom. The summed E-state index contributed by atoms with van der Waals surface area (Å²) in [6, 6.07) is 11.9. The minimum absolute atomic E-state index is 0.255. The van der Waals surface area contributed by atoms with E-state index in [0.29, 0.717) is 5.02 Å². The first-order valence-electron chi connectivity index (χ1n) is 5.12. The van der Waals surface area contributed by atoms with Crippen LogP contribution < -0.4 is 5.32 Å². The number of carboxylic acids is 1. The maximum atomic E-state index is 10.7. The first kappa shape index (κ1) is 12.9. The minimum Gasteiger partial charge on any atom is -0.478 e. The van der Waals surface area contributed by atoms with Gasteiger partial charge in [0.1, 0.15) is 0 Å². The van der Waals surface area contributed by atoms with E-state index in [-0.39, 0.29) is 5.56 Å². The molecule has 3 nitrogen and oxygen atoms in total. The van der Waals surface area contributed by atoms with Crippen LogP contribution in [-0.4, -0.2) is 11.1 Å². The second-order valence-electron chi connectivity index (χ2n) is 3.63. The van der Waals surface area contributed by atoms with Crippen LogP contribution in [0.15, 0.2) is 46.9 Å². The zero-order valence-corrected chi connectivity index (χ0v) is 11.5. The Morgan fingerprint density at radius 1 is 1.17 bits per heavy atom. The molecule has 0 heterocycles. The fourth-order valence-corrected chi connectivity index (χ4v) is 1.96. The van der Waals surface area contributed by atoms with E-state index in [4.69, 9.17) is 16.7 Å². The zero-order chi connectivity index (χ0) is 13.1. The molecule has 5 heteroatoms. The van der Waals surface area contributed by atoms with Crippen molar-refractivity contribution in [2.75, 3.05) is 5.32 Å². The van der Waals surface area contributed by atoms with Crippen LogP contribution in [0.5, 0.6) is 0 Å². The number of carbonyl (C=O) groups is 1. The molecule has 0 saturated heterocycles. The average Bonchev–Trinajstić information content (AvgIpc) is 2.34. The molecule has 2 aromatic carbocycles. The Labute approximate surface area is 118 Å². The fraction of sp³-hybridized carbons (Fsp3) is 0. The van der Waals surface area contributed by atoms with E-state index in [1.807, 2.05) is 6.07 Å². The van der Waals surface area contributed by atoms with Gasteiger partial charge >= 0.3 is 5.97 Å². The van der Waals surface area contributed by atoms with Crippen molar-refractivity contribution in [2.45, 2.75) is 0 Å². The monoisotopic (exact) mass is 325 g/mol. The van der Waals surface area contributed by atoms with Gasteiger partial charge in [0.2, 0.25) is 0 Å². The Balaban J connectivity index is 2.23. The molecule has 0 aromatic heterocycles. The number of hydrogen-bond acceptors (Lipinski definition) is 2. The first-order chi connectivity index (χ1) is 8.56. The van der Waals surface area contributed by atoms with E-state index < -0.39 is 5.97 Å². The van der Waals surface area contributed by atoms with Gasteiger partial charge in [-0.2, -0.15) is 0 Å². The molecule has 0 aliphatic carbocycles. The van der Waals surface area contributed by atoms with Crippen molar-refractivity contribution in [3.8, 4) is 0 Å². The summed E-state index contributed by atoms with van der Waals surface area (Å²) in [5, 5.41) is 12.6. The predicted octanol–water partition coefficient (Wildman–Crippen LogP) is 4.54. The number of hydrogen-bond donors (Lipinski definition) is 2. The Morgan fingerprint density at radius 2 is 1.83 bits per heavy atom. The van der Waals surface area contributed by atoms with Gasteiger partial charge in [0.15, 0.2) is 0 Å². The number of halogens is 2. The lowest BCUT2D eigenvalue weighted by molar-refractivity contribution is 0.0697. The molecule has 0 fully saturated rings. The number of benzene rings is 2. The molecule has 2 rings (SSSR count). The van der Waals surface area contributed by atoms with Crippen LogP contribution in [0.2, 0.25) is 5.02 Å². The quantitative estimate of drug-likeness (QED) is 0.870. The van der Waals surface area contributed by atoms with Crippen molar-refractivity contribution in [1.82, 2.24) is 0 Å². The van der Waals surface area contributed by atoms with Crippen molar-refractivity contribution in [3.63, 3.8) is 0 Å². The lowest BCUT2D eigenvalue weighted by atomic mass is 10.2. The number of rotatable bonds is 3. The summed E-state index contributed by atoms with van der Waals surface area (Å²) < 4.78 is 0.884. The highest BCUT2D eigenvalue weighted by molar-refractivity contribution is 9.10. The van der Waals surface area contributed by atoms with Gasteiger partial charge in [-0.15, -0.1) is 0 Å². The zero-order valence-electron chi connectivity index (χ0n) is 9.15. The van der Waals surface area contributed by atoms with Gasteiger partial charge < -0.3 is 10.4 Å². The molecule has 2 N–H and O–H groups in total. The molecular weight excluding hydrogens is 318 g/mol. The van der Waals surface area contributed by atoms with Crippen LogP contribution in [0, 0.1) is 0 Å². The van der Waals surface area contributed by atoms with Gasteiger partial charge in [-0.1, -0.05) is 11.6 Å². The molecule has 92 valence electrons. The van der Waals surface area contributed by atoms with Crippen LogP contribution in [0.1, 0.15) is 10.4 Å². The van der Waals surface area contributed by atoms with E-state index in [2.05, 4.69) is 21.2 Å². The third-order valence-corrected chi connectivity index (χ3v) is 3.27. The maximum absolute atomic E-state index is 10.7. The lowest BCUT2D eigenvalue weighted by Gasteiger charge is -2.09. The van der Waals surface area contributed by atoms with Crippen molar-refractivity contribution in [1.29, 1.82) is 0 Å². The van der Waals surface area contributed by atoms with Gasteiger partial charge in [-0.3, -0.25) is 0 Å². The van der Waals surface area contributed by atoms with Crippen LogP contribution in [0.25, 0.3) is 0 Å². The van der Waals surface area contributed by atoms with Crippen molar-refractivity contribution < 1.29 is 9.90 Å². The molecule has 0 spiro atoms. The molecule has 0 unspecified atom stereocenters. The number of carboxylic acid groups (broad SMARTS) is 1. The van der Waals surface area contributed by atoms with Crippen LogP contribution >= 0.6 is 27.5 Å². The predicted molar refractivity (Wildman–Crippen MR) is 75.8 cm³/mol. The number of nitrogens with one attached hydrogen (secondary N) is 1. The molecule has 0 radical (unpaired) electrons. The van der Waals surface area contributed by atoms with E-state index in [0.717, 1.165) is 15.8 Å². The highest BCUT2D eigenvalue weighted by Crippen LogP contribution is 2.28. The van der Waals surface area contributed by atoms with Gasteiger partial charge in [-0.25, -0.2) is 4.79 Å². The topological polar surface area (TPSA) is 49.3 Å². The Kier molecular flexibility index (Phi) is 3.89. The van der Waals surface area contributed by atoms with Crippen LogP contribution in [0.4, 0.5) is 11.4 Å². The van der Waals surface area contributed by atoms with E-state index >= 15 is 0 Å². The Hall–Kier alpha value is -1.52. The summed E-state index contributed by atoms with van der Waals surface area (Å²) >= 11 is 9.32. The molecular formula is C13H9BrClNO2. The van der Waals surface area contributed by atoms with Gasteiger partial charge in [0, 0.05) is 15.2 Å². The summed E-state index contributed by atoms with van der Waals surface area (Å²) in [5.74, 6) is -0.939. The number of aromatic carboxylic acids is 1. The summed E-state index contributed by atoms with van der Waals surface area (Å²) in [6.45, 7) is 0. The summed E-state index contributed by atoms with van der Waals surface area (Å²) in [6.07, 6.45) is 0. The lowest BCUT2D eigenvalue weighted by Crippen LogP contribution is -1.96. The Bertz CT molecular complexity index is 584. The normalized spacial score (nSPS) is 10.1. The largest absolute Gasteiger partial charge is 0.478 e. The molecule has 0 saturated carbocycles. The van der Waals surface area contributed by atoms with Gasteiger partial charge in [-0.05, 0) is 58.4 Å². The van der Waals surface area contributed by atoms with Crippen molar-refractivity contribution in [2.24, 2.45) is 0 Å². The van der Waals surface area contributed by atoms with Crippen molar-refractivity contribution >= 4 is 44.9 Å². The second-order valence-corrected chi connectivity index (χ2v) is 4.92. The smallest absolute Gasteiger partial charge is 0.335 e. The fourth-order valence-electron chi connectivity index (χ4n) is 1.44. The van der Waals surface area contributed by atoms with Gasteiger partial charge in [0.25, 0.3) is 0 Å². The molecule has 0 aliphatic rings. The molecule has 18 heavy (non-hydrogen) atoms. The average molecular weight is 327 g/mol. The number of anilines is 2. The summed E-state index contributed by atoms with van der Waals surface area (Å²) in [5.41, 5.74) is 1.87. The second kappa shape index (κ2) is 5.42. The standard InChI is InChI=1S/C13H9BrClNO2/c14-11-6-3-9(15)7-12(11)16-10-4-1-8(2-5-10)13(17)18/h1-7,16H,(H,17,18).